The van der Waals surface area contributed by atoms with Crippen LogP contribution in [0.3, 0.4) is 0 Å². The Kier molecular flexibility index (Phi) is 6.23. The SMILES string of the molecule is CC(=O)NC[C@H]1CN(c2ccc(-c3ccc(C4(C#N)C5CNCC54)c(F)c3)c(F)c2)C(=O)O1.Cl. The minimum atomic E-state index is -0.805. The molecule has 2 aliphatic heterocycles. The first-order valence-electron chi connectivity index (χ1n) is 10.8. The summed E-state index contributed by atoms with van der Waals surface area (Å²) in [6.45, 7) is 3.10. The van der Waals surface area contributed by atoms with E-state index in [1.807, 2.05) is 0 Å². The highest BCUT2D eigenvalue weighted by Gasteiger charge is 2.68. The normalized spacial score (nSPS) is 26.8. The number of nitrogens with zero attached hydrogens (tertiary/aromatic N) is 2. The molecule has 1 aliphatic carbocycles. The Morgan fingerprint density at radius 3 is 2.59 bits per heavy atom. The lowest BCUT2D eigenvalue weighted by Gasteiger charge is -2.17. The molecule has 2 heterocycles. The van der Waals surface area contributed by atoms with Gasteiger partial charge in [-0.3, -0.25) is 9.69 Å². The number of piperidine rings is 1. The highest BCUT2D eigenvalue weighted by Crippen LogP contribution is 2.61. The fourth-order valence-electron chi connectivity index (χ4n) is 5.19. The topological polar surface area (TPSA) is 94.5 Å². The van der Waals surface area contributed by atoms with Gasteiger partial charge in [-0.15, -0.1) is 12.4 Å². The summed E-state index contributed by atoms with van der Waals surface area (Å²) < 4.78 is 35.2. The van der Waals surface area contributed by atoms with Gasteiger partial charge < -0.3 is 15.4 Å². The first-order chi connectivity index (χ1) is 15.8. The highest BCUT2D eigenvalue weighted by molar-refractivity contribution is 5.90. The maximum atomic E-state index is 15.1. The van der Waals surface area contributed by atoms with Crippen molar-refractivity contribution in [3.63, 3.8) is 0 Å². The molecule has 2 aromatic rings. The highest BCUT2D eigenvalue weighted by atomic mass is 35.5. The third kappa shape index (κ3) is 3.77. The number of rotatable bonds is 5. The summed E-state index contributed by atoms with van der Waals surface area (Å²) in [5, 5.41) is 15.5. The molecule has 2 unspecified atom stereocenters. The van der Waals surface area contributed by atoms with Gasteiger partial charge in [0.15, 0.2) is 0 Å². The van der Waals surface area contributed by atoms with Crippen LogP contribution in [-0.2, 0) is 14.9 Å². The molecule has 0 spiro atoms. The van der Waals surface area contributed by atoms with Crippen LogP contribution in [0.2, 0.25) is 0 Å². The maximum absolute atomic E-state index is 15.1. The number of cyclic esters (lactones) is 1. The molecule has 10 heteroatoms. The fourth-order valence-corrected chi connectivity index (χ4v) is 5.19. The van der Waals surface area contributed by atoms with E-state index in [-0.39, 0.29) is 48.8 Å². The Bertz CT molecular complexity index is 1190. The lowest BCUT2D eigenvalue weighted by molar-refractivity contribution is -0.119. The van der Waals surface area contributed by atoms with Gasteiger partial charge in [-0.25, -0.2) is 13.6 Å². The van der Waals surface area contributed by atoms with Gasteiger partial charge in [0.2, 0.25) is 5.91 Å². The minimum Gasteiger partial charge on any atom is -0.442 e. The molecule has 178 valence electrons. The summed E-state index contributed by atoms with van der Waals surface area (Å²) >= 11 is 0. The lowest BCUT2D eigenvalue weighted by Crippen LogP contribution is -2.33. The van der Waals surface area contributed by atoms with Gasteiger partial charge in [0.05, 0.1) is 30.3 Å². The van der Waals surface area contributed by atoms with Crippen molar-refractivity contribution in [2.45, 2.75) is 18.4 Å². The molecule has 3 aliphatic rings. The van der Waals surface area contributed by atoms with Crippen LogP contribution in [0.5, 0.6) is 0 Å². The Morgan fingerprint density at radius 1 is 1.24 bits per heavy atom. The van der Waals surface area contributed by atoms with Crippen LogP contribution >= 0.6 is 12.4 Å². The van der Waals surface area contributed by atoms with E-state index in [0.29, 0.717) is 29.9 Å². The van der Waals surface area contributed by atoms with Gasteiger partial charge in [-0.2, -0.15) is 5.26 Å². The van der Waals surface area contributed by atoms with E-state index in [1.165, 1.54) is 30.0 Å². The van der Waals surface area contributed by atoms with Crippen molar-refractivity contribution in [2.24, 2.45) is 11.8 Å². The molecule has 0 bridgehead atoms. The Morgan fingerprint density at radius 2 is 1.97 bits per heavy atom. The van der Waals surface area contributed by atoms with Gasteiger partial charge in [-0.1, -0.05) is 12.1 Å². The molecule has 2 N–H and O–H groups in total. The molecule has 1 saturated carbocycles. The van der Waals surface area contributed by atoms with Gasteiger partial charge >= 0.3 is 6.09 Å². The number of hydrogen-bond acceptors (Lipinski definition) is 5. The molecular formula is C24H23ClF2N4O3. The third-order valence-electron chi connectivity index (χ3n) is 6.90. The average Bonchev–Trinajstić information content (AvgIpc) is 3.11. The summed E-state index contributed by atoms with van der Waals surface area (Å²) in [6.07, 6.45) is -1.16. The second-order valence-electron chi connectivity index (χ2n) is 8.76. The van der Waals surface area contributed by atoms with Crippen molar-refractivity contribution in [2.75, 3.05) is 31.1 Å². The van der Waals surface area contributed by atoms with Crippen molar-refractivity contribution < 1.29 is 23.1 Å². The third-order valence-corrected chi connectivity index (χ3v) is 6.90. The average molecular weight is 489 g/mol. The van der Waals surface area contributed by atoms with E-state index in [4.69, 9.17) is 4.74 Å². The Hall–Kier alpha value is -3.22. The van der Waals surface area contributed by atoms with Crippen LogP contribution in [0.15, 0.2) is 36.4 Å². The van der Waals surface area contributed by atoms with Gasteiger partial charge in [0.1, 0.15) is 17.7 Å². The van der Waals surface area contributed by atoms with Crippen LogP contribution in [0.4, 0.5) is 19.3 Å². The Labute approximate surface area is 201 Å². The van der Waals surface area contributed by atoms with E-state index in [1.54, 1.807) is 18.2 Å². The van der Waals surface area contributed by atoms with Crippen LogP contribution in [0.1, 0.15) is 12.5 Å². The van der Waals surface area contributed by atoms with E-state index in [0.717, 1.165) is 0 Å². The number of hydrogen-bond donors (Lipinski definition) is 2. The van der Waals surface area contributed by atoms with E-state index in [9.17, 15) is 19.2 Å². The van der Waals surface area contributed by atoms with Gasteiger partial charge in [0.25, 0.3) is 0 Å². The van der Waals surface area contributed by atoms with Crippen molar-refractivity contribution >= 4 is 30.1 Å². The number of benzene rings is 2. The summed E-state index contributed by atoms with van der Waals surface area (Å²) in [5.74, 6) is -1.15. The number of anilines is 1. The second-order valence-corrected chi connectivity index (χ2v) is 8.76. The summed E-state index contributed by atoms with van der Waals surface area (Å²) in [5.41, 5.74) is 0.415. The van der Waals surface area contributed by atoms with Gasteiger partial charge in [-0.05, 0) is 29.8 Å². The van der Waals surface area contributed by atoms with Crippen LogP contribution in [0, 0.1) is 34.8 Å². The number of carbonyl (C=O) groups excluding carboxylic acids is 2. The predicted octanol–water partition coefficient (Wildman–Crippen LogP) is 3.13. The van der Waals surface area contributed by atoms with E-state index >= 15 is 4.39 Å². The molecule has 34 heavy (non-hydrogen) atoms. The standard InChI is InChI=1S/C24H22F2N4O3.ClH/c1-13(31)29-8-16-11-30(23(32)33-16)15-3-4-17(21(25)7-15)14-2-5-18(22(26)6-14)24(12-27)19-9-28-10-20(19)24;/h2-7,16,19-20,28H,8-11H2,1H3,(H,29,31);1H/t16-,19?,20?,24?;/m0./s1. The molecule has 2 amide bonds. The number of fused-ring (bicyclic) bond motifs is 1. The van der Waals surface area contributed by atoms with Crippen molar-refractivity contribution in [3.8, 4) is 17.2 Å². The first kappa shape index (κ1) is 23.9. The van der Waals surface area contributed by atoms with Gasteiger partial charge in [0, 0.05) is 43.0 Å². The number of halogens is 3. The molecule has 2 aromatic carbocycles. The first-order valence-corrected chi connectivity index (χ1v) is 10.8. The summed E-state index contributed by atoms with van der Waals surface area (Å²) in [4.78, 5) is 24.5. The molecular weight excluding hydrogens is 466 g/mol. The number of nitrogens with one attached hydrogen (secondary N) is 2. The molecule has 2 saturated heterocycles. The van der Waals surface area contributed by atoms with Crippen molar-refractivity contribution in [1.29, 1.82) is 5.26 Å². The smallest absolute Gasteiger partial charge is 0.414 e. The van der Waals surface area contributed by atoms with Crippen LogP contribution in [0.25, 0.3) is 11.1 Å². The van der Waals surface area contributed by atoms with Crippen LogP contribution in [-0.4, -0.2) is 44.3 Å². The second kappa shape index (κ2) is 8.85. The largest absolute Gasteiger partial charge is 0.442 e. The number of amides is 2. The number of carbonyl (C=O) groups is 2. The molecule has 3 fully saturated rings. The van der Waals surface area contributed by atoms with Crippen molar-refractivity contribution in [3.05, 3.63) is 53.6 Å². The van der Waals surface area contributed by atoms with Crippen molar-refractivity contribution in [1.82, 2.24) is 10.6 Å². The van der Waals surface area contributed by atoms with Crippen LogP contribution < -0.4 is 15.5 Å². The van der Waals surface area contributed by atoms with E-state index in [2.05, 4.69) is 16.7 Å². The molecule has 0 radical (unpaired) electrons. The molecule has 0 aromatic heterocycles. The zero-order valence-electron chi connectivity index (χ0n) is 18.3. The molecule has 5 rings (SSSR count). The number of nitriles is 1. The predicted molar refractivity (Wildman–Crippen MR) is 122 cm³/mol. The monoisotopic (exact) mass is 488 g/mol. The lowest BCUT2D eigenvalue weighted by atomic mass is 9.89. The molecule has 7 nitrogen and oxygen atoms in total. The zero-order valence-corrected chi connectivity index (χ0v) is 19.1. The van der Waals surface area contributed by atoms with E-state index < -0.39 is 29.2 Å². The molecule has 3 atom stereocenters. The zero-order chi connectivity index (χ0) is 23.3. The summed E-state index contributed by atoms with van der Waals surface area (Å²) in [6, 6.07) is 11.1. The quantitative estimate of drug-likeness (QED) is 0.674. The summed E-state index contributed by atoms with van der Waals surface area (Å²) in [7, 11) is 0. The minimum absolute atomic E-state index is 0. The number of ether oxygens (including phenoxy) is 1. The fraction of sp³-hybridized carbons (Fsp3) is 0.375. The Balaban J connectivity index is 0.00000274. The maximum Gasteiger partial charge on any atom is 0.414 e.